The Bertz CT molecular complexity index is 2500. The molecule has 0 aliphatic heterocycles. The van der Waals surface area contributed by atoms with Crippen LogP contribution in [-0.4, -0.2) is 9.55 Å². The van der Waals surface area contributed by atoms with E-state index in [0.29, 0.717) is 38.9 Å². The molecule has 7 aromatic rings. The van der Waals surface area contributed by atoms with Crippen LogP contribution in [0.3, 0.4) is 0 Å². The van der Waals surface area contributed by atoms with Crippen LogP contribution in [0.5, 0.6) is 0 Å². The lowest BCUT2D eigenvalue weighted by molar-refractivity contribution is 1.18. The fraction of sp³-hybridized carbons (Fsp3) is 0. The lowest BCUT2D eigenvalue weighted by atomic mass is 9.96. The Morgan fingerprint density at radius 3 is 1.45 bits per heavy atom. The van der Waals surface area contributed by atoms with Crippen molar-refractivity contribution in [1.29, 1.82) is 26.3 Å². The van der Waals surface area contributed by atoms with Gasteiger partial charge in [-0.1, -0.05) is 36.4 Å². The molecule has 0 saturated carbocycles. The normalized spacial score (nSPS) is 10.4. The lowest BCUT2D eigenvalue weighted by Crippen LogP contribution is -1.97. The zero-order valence-electron chi connectivity index (χ0n) is 24.6. The first kappa shape index (κ1) is 28.3. The second-order valence-corrected chi connectivity index (χ2v) is 10.9. The predicted molar refractivity (Wildman–Crippen MR) is 178 cm³/mol. The summed E-state index contributed by atoms with van der Waals surface area (Å²) in [5, 5.41) is 50.6. The van der Waals surface area contributed by atoms with E-state index in [2.05, 4.69) is 39.9 Å². The molecule has 5 aromatic carbocycles. The molecule has 0 radical (unpaired) electrons. The number of nitrogens with zero attached hydrogens (tertiary/aromatic N) is 7. The first-order valence-corrected chi connectivity index (χ1v) is 14.5. The van der Waals surface area contributed by atoms with Gasteiger partial charge >= 0.3 is 0 Å². The molecular formula is C40H19N7. The zero-order chi connectivity index (χ0) is 32.5. The van der Waals surface area contributed by atoms with Crippen LogP contribution in [0.4, 0.5) is 0 Å². The quantitative estimate of drug-likeness (QED) is 0.199. The molecule has 214 valence electrons. The van der Waals surface area contributed by atoms with E-state index in [0.717, 1.165) is 49.7 Å². The van der Waals surface area contributed by atoms with Gasteiger partial charge in [-0.25, -0.2) is 0 Å². The van der Waals surface area contributed by atoms with Gasteiger partial charge in [-0.05, 0) is 100 Å². The summed E-state index contributed by atoms with van der Waals surface area (Å²) in [6.45, 7) is 0. The molecule has 7 rings (SSSR count). The van der Waals surface area contributed by atoms with Crippen LogP contribution in [0.1, 0.15) is 27.8 Å². The molecular weight excluding hydrogens is 578 g/mol. The first-order valence-electron chi connectivity index (χ1n) is 14.5. The van der Waals surface area contributed by atoms with Crippen LogP contribution in [0.25, 0.3) is 60.9 Å². The van der Waals surface area contributed by atoms with E-state index >= 15 is 0 Å². The number of pyridine rings is 1. The molecule has 0 aliphatic rings. The highest BCUT2D eigenvalue weighted by Crippen LogP contribution is 2.39. The molecule has 47 heavy (non-hydrogen) atoms. The highest BCUT2D eigenvalue weighted by Gasteiger charge is 2.18. The summed E-state index contributed by atoms with van der Waals surface area (Å²) in [6.07, 6.45) is 3.42. The second-order valence-electron chi connectivity index (χ2n) is 10.9. The molecule has 0 spiro atoms. The molecule has 2 aromatic heterocycles. The Kier molecular flexibility index (Phi) is 6.94. The minimum atomic E-state index is 0.393. The van der Waals surface area contributed by atoms with Crippen LogP contribution >= 0.6 is 0 Å². The summed E-state index contributed by atoms with van der Waals surface area (Å²) in [4.78, 5) is 4.14. The summed E-state index contributed by atoms with van der Waals surface area (Å²) in [7, 11) is 0. The number of benzene rings is 5. The molecule has 0 N–H and O–H groups in total. The smallest absolute Gasteiger partial charge is 0.0998 e. The van der Waals surface area contributed by atoms with Crippen molar-refractivity contribution in [2.24, 2.45) is 0 Å². The maximum atomic E-state index is 10.1. The van der Waals surface area contributed by atoms with Gasteiger partial charge in [-0.3, -0.25) is 4.98 Å². The van der Waals surface area contributed by atoms with Crippen molar-refractivity contribution in [3.05, 3.63) is 143 Å². The zero-order valence-corrected chi connectivity index (χ0v) is 24.6. The Morgan fingerprint density at radius 2 is 0.957 bits per heavy atom. The van der Waals surface area contributed by atoms with Crippen molar-refractivity contribution >= 4 is 21.8 Å². The van der Waals surface area contributed by atoms with E-state index < -0.39 is 0 Å². The largest absolute Gasteiger partial charge is 0.309 e. The van der Waals surface area contributed by atoms with Gasteiger partial charge < -0.3 is 4.57 Å². The summed E-state index contributed by atoms with van der Waals surface area (Å²) in [5.74, 6) is 0. The van der Waals surface area contributed by atoms with Crippen LogP contribution in [0.15, 0.2) is 116 Å². The number of aromatic nitrogens is 2. The van der Waals surface area contributed by atoms with Gasteiger partial charge in [0.2, 0.25) is 0 Å². The molecule has 0 aliphatic carbocycles. The van der Waals surface area contributed by atoms with Crippen LogP contribution < -0.4 is 0 Å². The van der Waals surface area contributed by atoms with Gasteiger partial charge in [0.05, 0.1) is 69.2 Å². The third kappa shape index (κ3) is 4.88. The second kappa shape index (κ2) is 11.5. The van der Waals surface area contributed by atoms with Gasteiger partial charge in [0, 0.05) is 28.9 Å². The molecule has 0 saturated heterocycles. The topological polar surface area (TPSA) is 137 Å². The Labute approximate surface area is 269 Å². The average molecular weight is 598 g/mol. The molecule has 0 unspecified atom stereocenters. The molecule has 0 bridgehead atoms. The molecule has 0 atom stereocenters. The van der Waals surface area contributed by atoms with Gasteiger partial charge in [0.15, 0.2) is 0 Å². The summed E-state index contributed by atoms with van der Waals surface area (Å²) < 4.78 is 2.09. The minimum absolute atomic E-state index is 0.393. The van der Waals surface area contributed by atoms with Crippen LogP contribution in [0, 0.1) is 56.7 Å². The van der Waals surface area contributed by atoms with Gasteiger partial charge in [0.1, 0.15) is 0 Å². The monoisotopic (exact) mass is 597 g/mol. The van der Waals surface area contributed by atoms with E-state index in [4.69, 9.17) is 0 Å². The highest BCUT2D eigenvalue weighted by atomic mass is 15.0. The van der Waals surface area contributed by atoms with Crippen molar-refractivity contribution in [3.8, 4) is 69.4 Å². The Morgan fingerprint density at radius 1 is 0.426 bits per heavy atom. The summed E-state index contributed by atoms with van der Waals surface area (Å²) >= 11 is 0. The van der Waals surface area contributed by atoms with Gasteiger partial charge in [-0.15, -0.1) is 0 Å². The third-order valence-electron chi connectivity index (χ3n) is 8.25. The lowest BCUT2D eigenvalue weighted by Gasteiger charge is -2.13. The summed E-state index contributed by atoms with van der Waals surface area (Å²) in [5.41, 5.74) is 9.28. The average Bonchev–Trinajstić information content (AvgIpc) is 3.47. The molecule has 2 heterocycles. The van der Waals surface area contributed by atoms with E-state index in [-0.39, 0.29) is 0 Å². The molecule has 0 amide bonds. The fourth-order valence-corrected chi connectivity index (χ4v) is 6.06. The maximum absolute atomic E-state index is 10.1. The van der Waals surface area contributed by atoms with Crippen LogP contribution in [-0.2, 0) is 0 Å². The van der Waals surface area contributed by atoms with Crippen LogP contribution in [0.2, 0.25) is 0 Å². The van der Waals surface area contributed by atoms with Crippen molar-refractivity contribution in [3.63, 3.8) is 0 Å². The van der Waals surface area contributed by atoms with E-state index in [1.807, 2.05) is 66.7 Å². The van der Waals surface area contributed by atoms with Crippen molar-refractivity contribution in [2.45, 2.75) is 0 Å². The van der Waals surface area contributed by atoms with Gasteiger partial charge in [-0.2, -0.15) is 26.3 Å². The Hall–Kier alpha value is -7.50. The first-order chi connectivity index (χ1) is 23.0. The van der Waals surface area contributed by atoms with E-state index in [9.17, 15) is 26.3 Å². The maximum Gasteiger partial charge on any atom is 0.0998 e. The molecule has 7 nitrogen and oxygen atoms in total. The van der Waals surface area contributed by atoms with Crippen molar-refractivity contribution < 1.29 is 0 Å². The number of nitriles is 5. The Balaban J connectivity index is 1.56. The predicted octanol–water partition coefficient (Wildman–Crippen LogP) is 8.54. The van der Waals surface area contributed by atoms with E-state index in [1.165, 1.54) is 0 Å². The number of fused-ring (bicyclic) bond motifs is 3. The molecule has 0 fully saturated rings. The SMILES string of the molecule is N#Cc1cc(-c2ccncc2)cc(-n2c3cc(-c4ccc(C#N)cc4C#N)ccc3c3ccc(-c4ccc(C#N)cc4C#N)cc32)c1. The summed E-state index contributed by atoms with van der Waals surface area (Å²) in [6, 6.07) is 42.6. The standard InChI is InChI=1S/C40H19N7/c41-20-25-1-5-35(32(13-25)23-44)29-3-7-37-38-8-4-30(36-6-2-26(21-42)14-33(36)24-45)19-40(38)47(39(37)18-29)34-16-27(22-43)15-31(17-34)28-9-11-46-12-10-28/h1-19H. The highest BCUT2D eigenvalue weighted by molar-refractivity contribution is 6.11. The number of rotatable bonds is 4. The fourth-order valence-electron chi connectivity index (χ4n) is 6.06. The van der Waals surface area contributed by atoms with Crippen molar-refractivity contribution in [1.82, 2.24) is 9.55 Å². The van der Waals surface area contributed by atoms with Gasteiger partial charge in [0.25, 0.3) is 0 Å². The van der Waals surface area contributed by atoms with E-state index in [1.54, 1.807) is 48.8 Å². The minimum Gasteiger partial charge on any atom is -0.309 e. The number of hydrogen-bond donors (Lipinski definition) is 0. The van der Waals surface area contributed by atoms with Crippen molar-refractivity contribution in [2.75, 3.05) is 0 Å². The number of hydrogen-bond acceptors (Lipinski definition) is 6. The molecule has 7 heteroatoms. The third-order valence-corrected chi connectivity index (χ3v) is 8.25.